The third-order valence-electron chi connectivity index (χ3n) is 7.60. The third-order valence-corrected chi connectivity index (χ3v) is 8.07. The summed E-state index contributed by atoms with van der Waals surface area (Å²) >= 11 is 0. The highest BCUT2D eigenvalue weighted by molar-refractivity contribution is 7.80. The van der Waals surface area contributed by atoms with Crippen LogP contribution >= 0.6 is 0 Å². The van der Waals surface area contributed by atoms with E-state index in [1.165, 1.54) is 25.3 Å². The molecule has 1 amide bonds. The van der Waals surface area contributed by atoms with Gasteiger partial charge in [0.1, 0.15) is 30.5 Å². The van der Waals surface area contributed by atoms with Gasteiger partial charge in [-0.3, -0.25) is 9.35 Å². The molecule has 14 heteroatoms. The molecular formula is C32H57NO12S. The van der Waals surface area contributed by atoms with Gasteiger partial charge in [0.15, 0.2) is 6.29 Å². The van der Waals surface area contributed by atoms with Gasteiger partial charge in [0.2, 0.25) is 5.91 Å². The molecule has 0 aliphatic carbocycles. The van der Waals surface area contributed by atoms with Gasteiger partial charge in [-0.05, 0) is 39.0 Å². The Morgan fingerprint density at radius 2 is 1.50 bits per heavy atom. The van der Waals surface area contributed by atoms with Gasteiger partial charge >= 0.3 is 10.4 Å². The standard InChI is InChI=1S/C32H57NO12S/c1-3-5-7-9-11-13-15-16-18-20-25(35)24(33-31(39)26(36)21-19-17-14-12-10-8-6-4-2)23-43-32-29(38)30(45-46(40,41)42)28(37)27(22-34)44-32/h3,5,11,13,18,20,24-30,32,34-38H,4,6-10,12,14-17,19,21-23H2,1-2H3,(H,33,39)(H,40,41,42)/b5-3+,13-11+,20-18+. The fourth-order valence-corrected chi connectivity index (χ4v) is 5.42. The topological polar surface area (TPSA) is 212 Å². The number of aliphatic hydroxyl groups excluding tert-OH is 5. The number of carbonyl (C=O) groups is 1. The van der Waals surface area contributed by atoms with Gasteiger partial charge in [-0.1, -0.05) is 94.7 Å². The van der Waals surface area contributed by atoms with Gasteiger partial charge in [-0.25, -0.2) is 4.18 Å². The Morgan fingerprint density at radius 1 is 0.913 bits per heavy atom. The first-order valence-electron chi connectivity index (χ1n) is 16.4. The molecule has 13 nitrogen and oxygen atoms in total. The Balaban J connectivity index is 2.85. The van der Waals surface area contributed by atoms with E-state index < -0.39 is 78.5 Å². The van der Waals surface area contributed by atoms with Gasteiger partial charge in [0, 0.05) is 0 Å². The molecular weight excluding hydrogens is 622 g/mol. The van der Waals surface area contributed by atoms with E-state index in [0.717, 1.165) is 44.9 Å². The molecule has 8 unspecified atom stereocenters. The zero-order valence-corrected chi connectivity index (χ0v) is 28.0. The van der Waals surface area contributed by atoms with E-state index in [9.17, 15) is 38.7 Å². The Kier molecular flexibility index (Phi) is 22.5. The number of hydrogen-bond donors (Lipinski definition) is 7. The van der Waals surface area contributed by atoms with Crippen LogP contribution < -0.4 is 5.32 Å². The summed E-state index contributed by atoms with van der Waals surface area (Å²) in [5.74, 6) is -0.727. The molecule has 1 rings (SSSR count). The van der Waals surface area contributed by atoms with E-state index in [2.05, 4.69) is 28.6 Å². The number of hydrogen-bond acceptors (Lipinski definition) is 11. The van der Waals surface area contributed by atoms with E-state index in [4.69, 9.17) is 14.0 Å². The van der Waals surface area contributed by atoms with Gasteiger partial charge in [0.25, 0.3) is 0 Å². The molecule has 1 aliphatic rings. The minimum absolute atomic E-state index is 0.232. The van der Waals surface area contributed by atoms with Crippen molar-refractivity contribution in [3.8, 4) is 0 Å². The first-order valence-corrected chi connectivity index (χ1v) is 17.8. The lowest BCUT2D eigenvalue weighted by atomic mass is 9.99. The highest BCUT2D eigenvalue weighted by Crippen LogP contribution is 2.26. The smallest absolute Gasteiger partial charge is 0.394 e. The first kappa shape index (κ1) is 42.3. The molecule has 0 aromatic rings. The molecule has 46 heavy (non-hydrogen) atoms. The SMILES string of the molecule is C/C=C/CC/C=C/CC/C=C/C(O)C(COC1OC(CO)C(O)C(OS(=O)(=O)O)C1O)NC(=O)C(O)CCCCCCCCCC. The average Bonchev–Trinajstić information content (AvgIpc) is 3.01. The number of carbonyl (C=O) groups excluding carboxylic acids is 1. The lowest BCUT2D eigenvalue weighted by Crippen LogP contribution is -2.61. The summed E-state index contributed by atoms with van der Waals surface area (Å²) < 4.78 is 46.9. The van der Waals surface area contributed by atoms with Crippen LogP contribution in [0.1, 0.15) is 97.3 Å². The van der Waals surface area contributed by atoms with Crippen LogP contribution in [0.25, 0.3) is 0 Å². The molecule has 7 N–H and O–H groups in total. The number of amides is 1. The normalized spacial score (nSPS) is 24.6. The van der Waals surface area contributed by atoms with Crippen molar-refractivity contribution in [3.63, 3.8) is 0 Å². The van der Waals surface area contributed by atoms with Crippen LogP contribution in [0.3, 0.4) is 0 Å². The van der Waals surface area contributed by atoms with Crippen molar-refractivity contribution in [1.82, 2.24) is 5.32 Å². The first-order chi connectivity index (χ1) is 21.9. The summed E-state index contributed by atoms with van der Waals surface area (Å²) in [5, 5.41) is 54.4. The summed E-state index contributed by atoms with van der Waals surface area (Å²) in [6.45, 7) is 2.84. The lowest BCUT2D eigenvalue weighted by molar-refractivity contribution is -0.298. The summed E-state index contributed by atoms with van der Waals surface area (Å²) in [6, 6.07) is -1.13. The van der Waals surface area contributed by atoms with Gasteiger partial charge in [-0.2, -0.15) is 8.42 Å². The highest BCUT2D eigenvalue weighted by atomic mass is 32.3. The van der Waals surface area contributed by atoms with Crippen LogP contribution in [0.4, 0.5) is 0 Å². The molecule has 1 fully saturated rings. The zero-order chi connectivity index (χ0) is 34.4. The molecule has 1 saturated heterocycles. The predicted octanol–water partition coefficient (Wildman–Crippen LogP) is 2.62. The lowest BCUT2D eigenvalue weighted by Gasteiger charge is -2.41. The molecule has 0 radical (unpaired) electrons. The minimum Gasteiger partial charge on any atom is -0.394 e. The van der Waals surface area contributed by atoms with E-state index in [1.807, 2.05) is 19.1 Å². The van der Waals surface area contributed by atoms with Crippen molar-refractivity contribution in [2.75, 3.05) is 13.2 Å². The van der Waals surface area contributed by atoms with Crippen molar-refractivity contribution in [1.29, 1.82) is 0 Å². The molecule has 0 aromatic heterocycles. The van der Waals surface area contributed by atoms with Crippen molar-refractivity contribution in [2.24, 2.45) is 0 Å². The summed E-state index contributed by atoms with van der Waals surface area (Å²) in [6.07, 6.45) is 11.7. The number of nitrogens with one attached hydrogen (secondary N) is 1. The molecule has 0 spiro atoms. The number of allylic oxidation sites excluding steroid dienone is 5. The Labute approximate surface area is 274 Å². The number of unbranched alkanes of at least 4 members (excludes halogenated alkanes) is 9. The van der Waals surface area contributed by atoms with Crippen molar-refractivity contribution >= 4 is 16.3 Å². The van der Waals surface area contributed by atoms with Crippen molar-refractivity contribution in [3.05, 3.63) is 36.5 Å². The number of aliphatic hydroxyl groups is 5. The van der Waals surface area contributed by atoms with Crippen LogP contribution in [0.2, 0.25) is 0 Å². The largest absolute Gasteiger partial charge is 0.397 e. The summed E-state index contributed by atoms with van der Waals surface area (Å²) in [4.78, 5) is 12.9. The van der Waals surface area contributed by atoms with Crippen LogP contribution in [0.5, 0.6) is 0 Å². The molecule has 0 saturated carbocycles. The van der Waals surface area contributed by atoms with E-state index in [0.29, 0.717) is 12.8 Å². The highest BCUT2D eigenvalue weighted by Gasteiger charge is 2.48. The molecule has 268 valence electrons. The average molecular weight is 680 g/mol. The maximum absolute atomic E-state index is 12.9. The maximum Gasteiger partial charge on any atom is 0.397 e. The van der Waals surface area contributed by atoms with E-state index >= 15 is 0 Å². The zero-order valence-electron chi connectivity index (χ0n) is 27.2. The maximum atomic E-state index is 12.9. The predicted molar refractivity (Wildman–Crippen MR) is 173 cm³/mol. The van der Waals surface area contributed by atoms with Gasteiger partial charge in [0.05, 0.1) is 25.4 Å². The molecule has 0 aromatic carbocycles. The van der Waals surface area contributed by atoms with Crippen LogP contribution in [0, 0.1) is 0 Å². The van der Waals surface area contributed by atoms with Crippen molar-refractivity contribution < 1.29 is 57.0 Å². The van der Waals surface area contributed by atoms with Gasteiger partial charge in [-0.15, -0.1) is 0 Å². The summed E-state index contributed by atoms with van der Waals surface area (Å²) in [5.41, 5.74) is 0. The van der Waals surface area contributed by atoms with Crippen LogP contribution in [0.15, 0.2) is 36.5 Å². The fourth-order valence-electron chi connectivity index (χ4n) is 4.91. The second-order valence-corrected chi connectivity index (χ2v) is 12.6. The summed E-state index contributed by atoms with van der Waals surface area (Å²) in [7, 11) is -5.11. The fraction of sp³-hybridized carbons (Fsp3) is 0.781. The Hall–Kier alpha value is -1.72. The molecule has 8 atom stereocenters. The Bertz CT molecular complexity index is 1010. The van der Waals surface area contributed by atoms with E-state index in [1.54, 1.807) is 6.08 Å². The Morgan fingerprint density at radius 3 is 2.09 bits per heavy atom. The number of ether oxygens (including phenoxy) is 2. The van der Waals surface area contributed by atoms with Crippen LogP contribution in [-0.4, -0.2) is 107 Å². The van der Waals surface area contributed by atoms with Crippen LogP contribution in [-0.2, 0) is 28.9 Å². The molecule has 0 bridgehead atoms. The molecule has 1 aliphatic heterocycles. The van der Waals surface area contributed by atoms with Gasteiger partial charge < -0.3 is 40.3 Å². The van der Waals surface area contributed by atoms with Crippen molar-refractivity contribution in [2.45, 2.75) is 146 Å². The number of rotatable bonds is 25. The quantitative estimate of drug-likeness (QED) is 0.0422. The molecule has 1 heterocycles. The van der Waals surface area contributed by atoms with E-state index in [-0.39, 0.29) is 6.42 Å². The second kappa shape index (κ2) is 24.4. The third kappa shape index (κ3) is 18.0. The monoisotopic (exact) mass is 679 g/mol. The minimum atomic E-state index is -5.11. The second-order valence-electron chi connectivity index (χ2n) is 11.5.